The van der Waals surface area contributed by atoms with E-state index in [1.807, 2.05) is 0 Å². The van der Waals surface area contributed by atoms with Crippen LogP contribution in [0.2, 0.25) is 0 Å². The number of carboxylic acid groups (broad SMARTS) is 1. The molecule has 0 bridgehead atoms. The Hall–Kier alpha value is -1.44. The van der Waals surface area contributed by atoms with Gasteiger partial charge in [-0.05, 0) is 37.1 Å². The van der Waals surface area contributed by atoms with Crippen LogP contribution in [0, 0.1) is 5.41 Å². The number of aromatic carboxylic acids is 1. The van der Waals surface area contributed by atoms with E-state index in [0.29, 0.717) is 0 Å². The maximum absolute atomic E-state index is 12.0. The second kappa shape index (κ2) is 4.92. The lowest BCUT2D eigenvalue weighted by molar-refractivity contribution is 0.0696. The number of hydrogen-bond acceptors (Lipinski definition) is 4. The molecule has 2 rings (SSSR count). The van der Waals surface area contributed by atoms with Crippen LogP contribution in [-0.2, 0) is 10.0 Å². The molecule has 0 aliphatic heterocycles. The number of rotatable bonds is 6. The van der Waals surface area contributed by atoms with Gasteiger partial charge in [-0.1, -0.05) is 0 Å². The Balaban J connectivity index is 2.08. The summed E-state index contributed by atoms with van der Waals surface area (Å²) in [5.41, 5.74) is -0.276. The topological polar surface area (TPSA) is 104 Å². The summed E-state index contributed by atoms with van der Waals surface area (Å²) in [6.07, 6.45) is 1.62. The minimum atomic E-state index is -3.66. The molecular formula is C12H15NO5S. The predicted octanol–water partition coefficient (Wildman–Crippen LogP) is 0.436. The van der Waals surface area contributed by atoms with E-state index in [2.05, 4.69) is 4.72 Å². The monoisotopic (exact) mass is 285 g/mol. The standard InChI is InChI=1S/C12H15NO5S/c14-8-12(5-6-12)7-13-19(17,18)10-3-1-9(2-4-10)11(15)16/h1-4,13-14H,5-8H2,(H,15,16). The van der Waals surface area contributed by atoms with Gasteiger partial charge < -0.3 is 10.2 Å². The smallest absolute Gasteiger partial charge is 0.335 e. The first-order valence-electron chi connectivity index (χ1n) is 5.82. The van der Waals surface area contributed by atoms with Gasteiger partial charge in [-0.15, -0.1) is 0 Å². The molecule has 1 aliphatic carbocycles. The third kappa shape index (κ3) is 3.12. The number of nitrogens with one attached hydrogen (secondary N) is 1. The average Bonchev–Trinajstić information content (AvgIpc) is 3.17. The quantitative estimate of drug-likeness (QED) is 0.703. The Morgan fingerprint density at radius 3 is 2.26 bits per heavy atom. The van der Waals surface area contributed by atoms with Gasteiger partial charge in [0.1, 0.15) is 0 Å². The molecule has 1 aliphatic rings. The molecule has 0 spiro atoms. The van der Waals surface area contributed by atoms with Crippen LogP contribution >= 0.6 is 0 Å². The van der Waals surface area contributed by atoms with E-state index in [-0.39, 0.29) is 29.0 Å². The maximum atomic E-state index is 12.0. The fourth-order valence-electron chi connectivity index (χ4n) is 1.68. The van der Waals surface area contributed by atoms with E-state index >= 15 is 0 Å². The first-order valence-corrected chi connectivity index (χ1v) is 7.31. The third-order valence-corrected chi connectivity index (χ3v) is 4.76. The Bertz CT molecular complexity index is 575. The lowest BCUT2D eigenvalue weighted by atomic mass is 10.1. The molecule has 3 N–H and O–H groups in total. The predicted molar refractivity (Wildman–Crippen MR) is 67.3 cm³/mol. The van der Waals surface area contributed by atoms with Crippen molar-refractivity contribution in [2.24, 2.45) is 5.41 Å². The highest BCUT2D eigenvalue weighted by atomic mass is 32.2. The van der Waals surface area contributed by atoms with Crippen molar-refractivity contribution in [2.75, 3.05) is 13.2 Å². The summed E-state index contributed by atoms with van der Waals surface area (Å²) < 4.78 is 26.4. The van der Waals surface area contributed by atoms with Crippen LogP contribution in [0.4, 0.5) is 0 Å². The van der Waals surface area contributed by atoms with E-state index < -0.39 is 16.0 Å². The lowest BCUT2D eigenvalue weighted by Crippen LogP contribution is -2.31. The van der Waals surface area contributed by atoms with Crippen molar-refractivity contribution in [2.45, 2.75) is 17.7 Å². The number of carbonyl (C=O) groups is 1. The van der Waals surface area contributed by atoms with Gasteiger partial charge in [0.05, 0.1) is 10.5 Å². The number of benzene rings is 1. The van der Waals surface area contributed by atoms with Crippen LogP contribution in [0.15, 0.2) is 29.2 Å². The molecule has 19 heavy (non-hydrogen) atoms. The second-order valence-electron chi connectivity index (χ2n) is 4.81. The van der Waals surface area contributed by atoms with Crippen molar-refractivity contribution >= 4 is 16.0 Å². The summed E-state index contributed by atoms with van der Waals surface area (Å²) in [7, 11) is -3.66. The van der Waals surface area contributed by atoms with Gasteiger partial charge in [0, 0.05) is 18.6 Å². The van der Waals surface area contributed by atoms with Crippen LogP contribution in [-0.4, -0.2) is 37.8 Å². The van der Waals surface area contributed by atoms with Crippen LogP contribution < -0.4 is 4.72 Å². The van der Waals surface area contributed by atoms with Crippen LogP contribution in [0.3, 0.4) is 0 Å². The number of carboxylic acids is 1. The summed E-state index contributed by atoms with van der Waals surface area (Å²) >= 11 is 0. The molecule has 0 amide bonds. The van der Waals surface area contributed by atoms with Gasteiger partial charge in [0.25, 0.3) is 0 Å². The molecule has 1 aromatic rings. The highest BCUT2D eigenvalue weighted by molar-refractivity contribution is 7.89. The van der Waals surface area contributed by atoms with Crippen molar-refractivity contribution < 1.29 is 23.4 Å². The van der Waals surface area contributed by atoms with Crippen molar-refractivity contribution in [3.63, 3.8) is 0 Å². The van der Waals surface area contributed by atoms with Crippen LogP contribution in [0.5, 0.6) is 0 Å². The van der Waals surface area contributed by atoms with Crippen molar-refractivity contribution in [3.05, 3.63) is 29.8 Å². The number of aliphatic hydroxyl groups excluding tert-OH is 1. The van der Waals surface area contributed by atoms with Crippen molar-refractivity contribution in [3.8, 4) is 0 Å². The molecule has 0 heterocycles. The summed E-state index contributed by atoms with van der Waals surface area (Å²) in [6, 6.07) is 5.00. The largest absolute Gasteiger partial charge is 0.478 e. The Morgan fingerprint density at radius 2 is 1.84 bits per heavy atom. The van der Waals surface area contributed by atoms with Gasteiger partial charge in [-0.2, -0.15) is 0 Å². The van der Waals surface area contributed by atoms with Gasteiger partial charge in [0.2, 0.25) is 10.0 Å². The summed E-state index contributed by atoms with van der Waals surface area (Å²) in [5.74, 6) is -1.10. The lowest BCUT2D eigenvalue weighted by Gasteiger charge is -2.13. The summed E-state index contributed by atoms with van der Waals surface area (Å²) in [5, 5.41) is 17.9. The minimum Gasteiger partial charge on any atom is -0.478 e. The fraction of sp³-hybridized carbons (Fsp3) is 0.417. The Kier molecular flexibility index (Phi) is 3.62. The highest BCUT2D eigenvalue weighted by Gasteiger charge is 2.42. The number of hydrogen-bond donors (Lipinski definition) is 3. The first-order chi connectivity index (χ1) is 8.88. The zero-order valence-corrected chi connectivity index (χ0v) is 11.0. The maximum Gasteiger partial charge on any atom is 0.335 e. The van der Waals surface area contributed by atoms with E-state index in [1.54, 1.807) is 0 Å². The molecular weight excluding hydrogens is 270 g/mol. The Labute approximate surface area is 111 Å². The highest BCUT2D eigenvalue weighted by Crippen LogP contribution is 2.44. The van der Waals surface area contributed by atoms with Gasteiger partial charge in [0.15, 0.2) is 0 Å². The molecule has 104 valence electrons. The fourth-order valence-corrected chi connectivity index (χ4v) is 2.83. The number of aliphatic hydroxyl groups is 1. The molecule has 7 heteroatoms. The molecule has 0 unspecified atom stereocenters. The zero-order valence-electron chi connectivity index (χ0n) is 10.2. The van der Waals surface area contributed by atoms with E-state index in [1.165, 1.54) is 24.3 Å². The normalized spacial score (nSPS) is 17.1. The molecule has 1 fully saturated rings. The van der Waals surface area contributed by atoms with E-state index in [9.17, 15) is 13.2 Å². The first kappa shape index (κ1) is 14.0. The van der Waals surface area contributed by atoms with Gasteiger partial charge in [-0.3, -0.25) is 0 Å². The second-order valence-corrected chi connectivity index (χ2v) is 6.58. The van der Waals surface area contributed by atoms with Crippen molar-refractivity contribution in [1.82, 2.24) is 4.72 Å². The Morgan fingerprint density at radius 1 is 1.26 bits per heavy atom. The molecule has 1 saturated carbocycles. The molecule has 0 radical (unpaired) electrons. The molecule has 6 nitrogen and oxygen atoms in total. The van der Waals surface area contributed by atoms with Gasteiger partial charge in [-0.25, -0.2) is 17.9 Å². The number of sulfonamides is 1. The van der Waals surface area contributed by atoms with Crippen LogP contribution in [0.25, 0.3) is 0 Å². The third-order valence-electron chi connectivity index (χ3n) is 3.34. The molecule has 0 saturated heterocycles. The SMILES string of the molecule is O=C(O)c1ccc(S(=O)(=O)NCC2(CO)CC2)cc1. The summed E-state index contributed by atoms with van der Waals surface area (Å²) in [4.78, 5) is 10.7. The van der Waals surface area contributed by atoms with Gasteiger partial charge >= 0.3 is 5.97 Å². The molecule has 1 aromatic carbocycles. The van der Waals surface area contributed by atoms with Crippen LogP contribution in [0.1, 0.15) is 23.2 Å². The summed E-state index contributed by atoms with van der Waals surface area (Å²) in [6.45, 7) is 0.167. The minimum absolute atomic E-state index is 0.0197. The van der Waals surface area contributed by atoms with E-state index in [4.69, 9.17) is 10.2 Å². The zero-order chi connectivity index (χ0) is 14.1. The van der Waals surface area contributed by atoms with E-state index in [0.717, 1.165) is 12.8 Å². The molecule has 0 aromatic heterocycles. The average molecular weight is 285 g/mol. The van der Waals surface area contributed by atoms with Crippen molar-refractivity contribution in [1.29, 1.82) is 0 Å². The molecule has 0 atom stereocenters.